The molecule has 28 heavy (non-hydrogen) atoms. The van der Waals surface area contributed by atoms with Crippen LogP contribution in [-0.4, -0.2) is 70.9 Å². The minimum Gasteiger partial charge on any atom is -0.343 e. The average molecular weight is 381 g/mol. The van der Waals surface area contributed by atoms with Gasteiger partial charge in [-0.3, -0.25) is 19.6 Å². The van der Waals surface area contributed by atoms with Crippen molar-refractivity contribution in [2.75, 3.05) is 39.8 Å². The van der Waals surface area contributed by atoms with Crippen molar-refractivity contribution >= 4 is 16.8 Å². The minimum atomic E-state index is 0.106. The van der Waals surface area contributed by atoms with Crippen LogP contribution in [0, 0.1) is 6.92 Å². The summed E-state index contributed by atoms with van der Waals surface area (Å²) in [6.45, 7) is 10.1. The van der Waals surface area contributed by atoms with Crippen molar-refractivity contribution in [1.82, 2.24) is 19.7 Å². The van der Waals surface area contributed by atoms with Gasteiger partial charge in [0, 0.05) is 62.8 Å². The van der Waals surface area contributed by atoms with Crippen LogP contribution in [0.3, 0.4) is 0 Å². The second-order valence-corrected chi connectivity index (χ2v) is 8.51. The summed E-state index contributed by atoms with van der Waals surface area (Å²) < 4.78 is 0. The van der Waals surface area contributed by atoms with E-state index in [4.69, 9.17) is 0 Å². The van der Waals surface area contributed by atoms with E-state index >= 15 is 0 Å². The van der Waals surface area contributed by atoms with Crippen molar-refractivity contribution in [2.45, 2.75) is 45.2 Å². The van der Waals surface area contributed by atoms with E-state index in [9.17, 15) is 4.79 Å². The Morgan fingerprint density at radius 2 is 2.00 bits per heavy atom. The Morgan fingerprint density at radius 1 is 1.14 bits per heavy atom. The van der Waals surface area contributed by atoms with Crippen molar-refractivity contribution in [3.05, 3.63) is 41.6 Å². The van der Waals surface area contributed by atoms with Crippen molar-refractivity contribution in [3.63, 3.8) is 0 Å². The third-order valence-corrected chi connectivity index (χ3v) is 6.98. The quantitative estimate of drug-likeness (QED) is 0.821. The van der Waals surface area contributed by atoms with Gasteiger partial charge in [0.05, 0.1) is 5.52 Å². The fourth-order valence-electron chi connectivity index (χ4n) is 5.00. The molecule has 2 aliphatic rings. The van der Waals surface area contributed by atoms with E-state index in [0.717, 1.165) is 57.6 Å². The van der Waals surface area contributed by atoms with Crippen LogP contribution in [0.25, 0.3) is 10.9 Å². The maximum atomic E-state index is 12.4. The molecule has 2 aliphatic heterocycles. The zero-order valence-electron chi connectivity index (χ0n) is 17.4. The van der Waals surface area contributed by atoms with Gasteiger partial charge in [-0.1, -0.05) is 12.1 Å². The second-order valence-electron chi connectivity index (χ2n) is 8.51. The Balaban J connectivity index is 1.58. The van der Waals surface area contributed by atoms with Gasteiger partial charge in [0.15, 0.2) is 0 Å². The summed E-state index contributed by atoms with van der Waals surface area (Å²) in [5, 5.41) is 1.27. The van der Waals surface area contributed by atoms with Gasteiger partial charge in [-0.05, 0) is 57.0 Å². The van der Waals surface area contributed by atoms with Crippen LogP contribution < -0.4 is 0 Å². The number of pyridine rings is 1. The number of aryl methyl sites for hydroxylation is 1. The van der Waals surface area contributed by atoms with Crippen LogP contribution in [-0.2, 0) is 11.3 Å². The first-order valence-electron chi connectivity index (χ1n) is 10.6. The molecule has 3 heterocycles. The van der Waals surface area contributed by atoms with Gasteiger partial charge >= 0.3 is 0 Å². The maximum Gasteiger partial charge on any atom is 0.222 e. The van der Waals surface area contributed by atoms with Crippen molar-refractivity contribution in [3.8, 4) is 0 Å². The lowest BCUT2D eigenvalue weighted by atomic mass is 9.86. The fourth-order valence-corrected chi connectivity index (χ4v) is 5.00. The lowest BCUT2D eigenvalue weighted by Crippen LogP contribution is -2.60. The third-order valence-electron chi connectivity index (χ3n) is 6.98. The summed E-state index contributed by atoms with van der Waals surface area (Å²) >= 11 is 0. The Labute approximate surface area is 168 Å². The van der Waals surface area contributed by atoms with E-state index in [1.54, 1.807) is 0 Å². The highest BCUT2D eigenvalue weighted by Gasteiger charge is 2.42. The molecule has 0 radical (unpaired) electrons. The molecule has 150 valence electrons. The smallest absolute Gasteiger partial charge is 0.222 e. The van der Waals surface area contributed by atoms with Crippen LogP contribution in [0.1, 0.15) is 37.3 Å². The van der Waals surface area contributed by atoms with Crippen molar-refractivity contribution < 1.29 is 4.79 Å². The highest BCUT2D eigenvalue weighted by molar-refractivity contribution is 5.83. The topological polar surface area (TPSA) is 39.7 Å². The van der Waals surface area contributed by atoms with E-state index in [0.29, 0.717) is 12.3 Å². The molecule has 2 fully saturated rings. The van der Waals surface area contributed by atoms with Crippen LogP contribution >= 0.6 is 0 Å². The first-order chi connectivity index (χ1) is 13.5. The van der Waals surface area contributed by atoms with Gasteiger partial charge in [0.25, 0.3) is 0 Å². The zero-order chi connectivity index (χ0) is 19.7. The second kappa shape index (κ2) is 7.80. The molecule has 1 amide bonds. The zero-order valence-corrected chi connectivity index (χ0v) is 17.4. The molecule has 1 aromatic carbocycles. The first kappa shape index (κ1) is 19.3. The number of likely N-dealkylation sites (tertiary alicyclic amines) is 1. The number of hydrogen-bond acceptors (Lipinski definition) is 4. The Kier molecular flexibility index (Phi) is 5.39. The molecule has 0 aliphatic carbocycles. The normalized spacial score (nSPS) is 24.8. The number of likely N-dealkylation sites (N-methyl/N-ethyl adjacent to an activating group) is 1. The van der Waals surface area contributed by atoms with Crippen LogP contribution in [0.5, 0.6) is 0 Å². The number of nitrogens with zero attached hydrogens (tertiary/aromatic N) is 4. The van der Waals surface area contributed by atoms with E-state index in [-0.39, 0.29) is 5.54 Å². The predicted molar refractivity (Wildman–Crippen MR) is 113 cm³/mol. The molecule has 0 saturated carbocycles. The molecule has 4 rings (SSSR count). The number of benzene rings is 1. The summed E-state index contributed by atoms with van der Waals surface area (Å²) in [6.07, 6.45) is 4.57. The molecular weight excluding hydrogens is 348 g/mol. The molecule has 1 aromatic heterocycles. The van der Waals surface area contributed by atoms with Crippen LogP contribution in [0.4, 0.5) is 0 Å². The van der Waals surface area contributed by atoms with Crippen LogP contribution in [0.2, 0.25) is 0 Å². The summed E-state index contributed by atoms with van der Waals surface area (Å²) in [4.78, 5) is 24.1. The van der Waals surface area contributed by atoms with Crippen molar-refractivity contribution in [2.24, 2.45) is 0 Å². The standard InChI is InChI=1S/C23H32N4O/c1-4-27-13-11-23(10-9-22(27)28)17-26(15-14-25(23)3)16-20-18(2)7-8-21-19(20)6-5-12-24-21/h5-8,12H,4,9-11,13-17H2,1-3H3. The summed E-state index contributed by atoms with van der Waals surface area (Å²) in [5.41, 5.74) is 3.91. The third kappa shape index (κ3) is 3.53. The number of fused-ring (bicyclic) bond motifs is 1. The molecule has 2 saturated heterocycles. The number of carbonyl (C=O) groups is 1. The Hall–Kier alpha value is -1.98. The summed E-state index contributed by atoms with van der Waals surface area (Å²) in [7, 11) is 2.25. The molecule has 1 spiro atoms. The van der Waals surface area contributed by atoms with Gasteiger partial charge in [-0.15, -0.1) is 0 Å². The molecule has 2 aromatic rings. The number of carbonyl (C=O) groups excluding carboxylic acids is 1. The highest BCUT2D eigenvalue weighted by atomic mass is 16.2. The number of amides is 1. The predicted octanol–water partition coefficient (Wildman–Crippen LogP) is 3.06. The molecule has 1 atom stereocenters. The highest BCUT2D eigenvalue weighted by Crippen LogP contribution is 2.33. The fraction of sp³-hybridized carbons (Fsp3) is 0.565. The van der Waals surface area contributed by atoms with Crippen LogP contribution in [0.15, 0.2) is 30.5 Å². The number of hydrogen-bond donors (Lipinski definition) is 0. The number of aromatic nitrogens is 1. The van der Waals surface area contributed by atoms with Gasteiger partial charge in [0.2, 0.25) is 5.91 Å². The van der Waals surface area contributed by atoms with E-state index in [1.165, 1.54) is 16.5 Å². The van der Waals surface area contributed by atoms with Crippen molar-refractivity contribution in [1.29, 1.82) is 0 Å². The summed E-state index contributed by atoms with van der Waals surface area (Å²) in [6, 6.07) is 8.54. The van der Waals surface area contributed by atoms with Gasteiger partial charge in [-0.25, -0.2) is 0 Å². The Bertz CT molecular complexity index is 867. The lowest BCUT2D eigenvalue weighted by molar-refractivity contribution is -0.130. The van der Waals surface area contributed by atoms with E-state index in [2.05, 4.69) is 53.9 Å². The molecule has 1 unspecified atom stereocenters. The number of rotatable bonds is 3. The van der Waals surface area contributed by atoms with E-state index in [1.807, 2.05) is 17.2 Å². The largest absolute Gasteiger partial charge is 0.343 e. The monoisotopic (exact) mass is 380 g/mol. The van der Waals surface area contributed by atoms with Gasteiger partial charge in [-0.2, -0.15) is 0 Å². The van der Waals surface area contributed by atoms with E-state index < -0.39 is 0 Å². The van der Waals surface area contributed by atoms with Gasteiger partial charge < -0.3 is 4.90 Å². The molecule has 5 nitrogen and oxygen atoms in total. The first-order valence-corrected chi connectivity index (χ1v) is 10.6. The molecular formula is C23H32N4O. The molecule has 5 heteroatoms. The van der Waals surface area contributed by atoms with Gasteiger partial charge in [0.1, 0.15) is 0 Å². The SMILES string of the molecule is CCN1CCC2(CCC1=O)CN(Cc1c(C)ccc3ncccc13)CCN2C. The minimum absolute atomic E-state index is 0.106. The molecule has 0 bridgehead atoms. The maximum absolute atomic E-state index is 12.4. The average Bonchev–Trinajstić information content (AvgIpc) is 2.86. The molecule has 0 N–H and O–H groups in total. The lowest BCUT2D eigenvalue weighted by Gasteiger charge is -2.49. The summed E-state index contributed by atoms with van der Waals surface area (Å²) in [5.74, 6) is 0.320. The Morgan fingerprint density at radius 3 is 2.82 bits per heavy atom. The number of piperazine rings is 1.